The Balaban J connectivity index is 2.04. The predicted molar refractivity (Wildman–Crippen MR) is 80.4 cm³/mol. The second kappa shape index (κ2) is 7.13. The number of aliphatic carboxylic acids is 1. The maximum absolute atomic E-state index is 12.2. The molecule has 0 unspecified atom stereocenters. The van der Waals surface area contributed by atoms with Crippen LogP contribution in [0.25, 0.3) is 0 Å². The van der Waals surface area contributed by atoms with Crippen LogP contribution in [-0.4, -0.2) is 55.2 Å². The van der Waals surface area contributed by atoms with Crippen LogP contribution in [-0.2, 0) is 9.59 Å². The molecule has 1 aromatic carbocycles. The van der Waals surface area contributed by atoms with Gasteiger partial charge in [0.25, 0.3) is 0 Å². The van der Waals surface area contributed by atoms with Gasteiger partial charge in [-0.1, -0.05) is 0 Å². The number of carbonyl (C=O) groups excluding carboxylic acids is 1. The summed E-state index contributed by atoms with van der Waals surface area (Å²) >= 11 is 0. The zero-order valence-corrected chi connectivity index (χ0v) is 12.7. The molecule has 1 heterocycles. The standard InChI is InChI=1S/C15H20N2O5/c1-21-10-5-6-13(22-2)11(8-10)16-14(18)9-17-7-3-4-12(17)15(19)20/h5-6,8,12H,3-4,7,9H2,1-2H3,(H,16,18)(H,19,20)/t12-/m0/s1. The lowest BCUT2D eigenvalue weighted by molar-refractivity contribution is -0.142. The zero-order valence-electron chi connectivity index (χ0n) is 12.7. The van der Waals surface area contributed by atoms with Crippen molar-refractivity contribution in [1.29, 1.82) is 0 Å². The molecule has 1 fully saturated rings. The van der Waals surface area contributed by atoms with E-state index in [0.717, 1.165) is 6.42 Å². The number of nitrogens with zero attached hydrogens (tertiary/aromatic N) is 1. The van der Waals surface area contributed by atoms with Crippen molar-refractivity contribution in [3.8, 4) is 11.5 Å². The molecule has 1 aromatic rings. The number of likely N-dealkylation sites (tertiary alicyclic amines) is 1. The summed E-state index contributed by atoms with van der Waals surface area (Å²) in [6, 6.07) is 4.51. The van der Waals surface area contributed by atoms with Gasteiger partial charge in [0.2, 0.25) is 5.91 Å². The highest BCUT2D eigenvalue weighted by Gasteiger charge is 2.31. The van der Waals surface area contributed by atoms with Crippen molar-refractivity contribution in [2.45, 2.75) is 18.9 Å². The number of nitrogens with one attached hydrogen (secondary N) is 1. The minimum atomic E-state index is -0.885. The Morgan fingerprint density at radius 2 is 2.14 bits per heavy atom. The van der Waals surface area contributed by atoms with E-state index in [1.165, 1.54) is 14.2 Å². The third-order valence-corrected chi connectivity index (χ3v) is 3.68. The van der Waals surface area contributed by atoms with Gasteiger partial charge in [0.05, 0.1) is 26.5 Å². The van der Waals surface area contributed by atoms with E-state index in [1.54, 1.807) is 23.1 Å². The summed E-state index contributed by atoms with van der Waals surface area (Å²) in [5.74, 6) is -0.0463. The lowest BCUT2D eigenvalue weighted by Crippen LogP contribution is -2.40. The molecule has 1 atom stereocenters. The van der Waals surface area contributed by atoms with E-state index in [2.05, 4.69) is 5.32 Å². The molecule has 1 aliphatic rings. The van der Waals surface area contributed by atoms with Gasteiger partial charge in [0.1, 0.15) is 17.5 Å². The largest absolute Gasteiger partial charge is 0.497 e. The van der Waals surface area contributed by atoms with Crippen molar-refractivity contribution >= 4 is 17.6 Å². The summed E-state index contributed by atoms with van der Waals surface area (Å²) in [5, 5.41) is 11.9. The van der Waals surface area contributed by atoms with Crippen molar-refractivity contribution in [2.75, 3.05) is 32.6 Å². The van der Waals surface area contributed by atoms with Crippen molar-refractivity contribution in [2.24, 2.45) is 0 Å². The number of anilines is 1. The van der Waals surface area contributed by atoms with Crippen LogP contribution in [0.1, 0.15) is 12.8 Å². The molecule has 0 aromatic heterocycles. The molecule has 7 nitrogen and oxygen atoms in total. The Labute approximate surface area is 128 Å². The normalized spacial score (nSPS) is 18.0. The average Bonchev–Trinajstić information content (AvgIpc) is 2.95. The highest BCUT2D eigenvalue weighted by Crippen LogP contribution is 2.29. The number of methoxy groups -OCH3 is 2. The van der Waals surface area contributed by atoms with E-state index in [9.17, 15) is 9.59 Å². The van der Waals surface area contributed by atoms with Crippen LogP contribution in [0.2, 0.25) is 0 Å². The molecule has 1 amide bonds. The fraction of sp³-hybridized carbons (Fsp3) is 0.467. The van der Waals surface area contributed by atoms with Crippen molar-refractivity contribution in [3.05, 3.63) is 18.2 Å². The second-order valence-corrected chi connectivity index (χ2v) is 5.08. The van der Waals surface area contributed by atoms with E-state index in [-0.39, 0.29) is 12.5 Å². The monoisotopic (exact) mass is 308 g/mol. The molecule has 0 saturated carbocycles. The molecule has 22 heavy (non-hydrogen) atoms. The van der Waals surface area contributed by atoms with Gasteiger partial charge < -0.3 is 19.9 Å². The van der Waals surface area contributed by atoms with Crippen LogP contribution >= 0.6 is 0 Å². The first-order chi connectivity index (χ1) is 10.5. The smallest absolute Gasteiger partial charge is 0.320 e. The third-order valence-electron chi connectivity index (χ3n) is 3.68. The number of hydrogen-bond donors (Lipinski definition) is 2. The average molecular weight is 308 g/mol. The highest BCUT2D eigenvalue weighted by atomic mass is 16.5. The molecule has 7 heteroatoms. The van der Waals surface area contributed by atoms with Gasteiger partial charge in [0, 0.05) is 6.07 Å². The van der Waals surface area contributed by atoms with Crippen LogP contribution in [0.3, 0.4) is 0 Å². The lowest BCUT2D eigenvalue weighted by Gasteiger charge is -2.20. The summed E-state index contributed by atoms with van der Waals surface area (Å²) in [5.41, 5.74) is 0.498. The molecule has 1 aliphatic heterocycles. The number of rotatable bonds is 6. The lowest BCUT2D eigenvalue weighted by atomic mass is 10.2. The van der Waals surface area contributed by atoms with Gasteiger partial charge in [-0.15, -0.1) is 0 Å². The van der Waals surface area contributed by atoms with E-state index < -0.39 is 12.0 Å². The minimum Gasteiger partial charge on any atom is -0.497 e. The molecule has 120 valence electrons. The predicted octanol–water partition coefficient (Wildman–Crippen LogP) is 1.19. The van der Waals surface area contributed by atoms with Crippen LogP contribution in [0.15, 0.2) is 18.2 Å². The first kappa shape index (κ1) is 16.1. The number of carboxylic acid groups (broad SMARTS) is 1. The second-order valence-electron chi connectivity index (χ2n) is 5.08. The molecule has 0 spiro atoms. The van der Waals surface area contributed by atoms with Crippen molar-refractivity contribution in [1.82, 2.24) is 4.90 Å². The maximum Gasteiger partial charge on any atom is 0.320 e. The van der Waals surface area contributed by atoms with Crippen LogP contribution in [0.4, 0.5) is 5.69 Å². The Bertz CT molecular complexity index is 561. The quantitative estimate of drug-likeness (QED) is 0.821. The molecule has 2 N–H and O–H groups in total. The molecule has 0 aliphatic carbocycles. The highest BCUT2D eigenvalue weighted by molar-refractivity contribution is 5.94. The first-order valence-electron chi connectivity index (χ1n) is 7.04. The number of ether oxygens (including phenoxy) is 2. The molecular formula is C15H20N2O5. The van der Waals surface area contributed by atoms with Crippen LogP contribution in [0, 0.1) is 0 Å². The number of amides is 1. The van der Waals surface area contributed by atoms with E-state index >= 15 is 0 Å². The van der Waals surface area contributed by atoms with Gasteiger partial charge in [-0.2, -0.15) is 0 Å². The van der Waals surface area contributed by atoms with Crippen LogP contribution < -0.4 is 14.8 Å². The summed E-state index contributed by atoms with van der Waals surface area (Å²) in [6.45, 7) is 0.650. The summed E-state index contributed by atoms with van der Waals surface area (Å²) in [6.07, 6.45) is 1.36. The van der Waals surface area contributed by atoms with Gasteiger partial charge in [0.15, 0.2) is 0 Å². The van der Waals surface area contributed by atoms with E-state index in [4.69, 9.17) is 14.6 Å². The Morgan fingerprint density at radius 1 is 1.36 bits per heavy atom. The van der Waals surface area contributed by atoms with Gasteiger partial charge in [-0.25, -0.2) is 0 Å². The van der Waals surface area contributed by atoms with Gasteiger partial charge >= 0.3 is 5.97 Å². The Hall–Kier alpha value is -2.28. The summed E-state index contributed by atoms with van der Waals surface area (Å²) < 4.78 is 10.3. The molecular weight excluding hydrogens is 288 g/mol. The van der Waals surface area contributed by atoms with Crippen LogP contribution in [0.5, 0.6) is 11.5 Å². The number of carbonyl (C=O) groups is 2. The van der Waals surface area contributed by atoms with Gasteiger partial charge in [-0.3, -0.25) is 14.5 Å². The number of hydrogen-bond acceptors (Lipinski definition) is 5. The number of benzene rings is 1. The minimum absolute atomic E-state index is 0.0390. The first-order valence-corrected chi connectivity index (χ1v) is 7.04. The zero-order chi connectivity index (χ0) is 16.1. The molecule has 2 rings (SSSR count). The third kappa shape index (κ3) is 3.67. The fourth-order valence-corrected chi connectivity index (χ4v) is 2.58. The van der Waals surface area contributed by atoms with Crippen molar-refractivity contribution in [3.63, 3.8) is 0 Å². The Morgan fingerprint density at radius 3 is 2.77 bits per heavy atom. The van der Waals surface area contributed by atoms with E-state index in [1.807, 2.05) is 0 Å². The molecule has 0 bridgehead atoms. The molecule has 1 saturated heterocycles. The van der Waals surface area contributed by atoms with Gasteiger partial charge in [-0.05, 0) is 31.5 Å². The fourth-order valence-electron chi connectivity index (χ4n) is 2.58. The Kier molecular flexibility index (Phi) is 5.21. The topological polar surface area (TPSA) is 88.1 Å². The summed E-state index contributed by atoms with van der Waals surface area (Å²) in [7, 11) is 3.05. The SMILES string of the molecule is COc1ccc(OC)c(NC(=O)CN2CCC[C@H]2C(=O)O)c1. The number of carboxylic acids is 1. The maximum atomic E-state index is 12.2. The van der Waals surface area contributed by atoms with E-state index in [0.29, 0.717) is 30.2 Å². The summed E-state index contributed by atoms with van der Waals surface area (Å²) in [4.78, 5) is 25.0. The van der Waals surface area contributed by atoms with Crippen molar-refractivity contribution < 1.29 is 24.2 Å². The molecule has 0 radical (unpaired) electrons.